The highest BCUT2D eigenvalue weighted by Crippen LogP contribution is 2.43. The van der Waals surface area contributed by atoms with Gasteiger partial charge in [0, 0.05) is 19.3 Å². The van der Waals surface area contributed by atoms with Crippen molar-refractivity contribution in [2.75, 3.05) is 26.4 Å². The number of hydrogen-bond acceptors (Lipinski definition) is 10. The molecule has 458 valence electrons. The van der Waals surface area contributed by atoms with Crippen LogP contribution in [0.3, 0.4) is 0 Å². The van der Waals surface area contributed by atoms with Crippen LogP contribution in [0.4, 0.5) is 0 Å². The van der Waals surface area contributed by atoms with Crippen LogP contribution >= 0.6 is 7.82 Å². The lowest BCUT2D eigenvalue weighted by atomic mass is 10.1. The van der Waals surface area contributed by atoms with Crippen molar-refractivity contribution in [1.82, 2.24) is 0 Å². The van der Waals surface area contributed by atoms with E-state index >= 15 is 0 Å². The average molecular weight is 1140 g/mol. The van der Waals surface area contributed by atoms with Crippen molar-refractivity contribution in [3.05, 3.63) is 109 Å². The van der Waals surface area contributed by atoms with Gasteiger partial charge in [-0.1, -0.05) is 226 Å². The second kappa shape index (κ2) is 61.2. The summed E-state index contributed by atoms with van der Waals surface area (Å²) in [6.45, 7) is 4.45. The van der Waals surface area contributed by atoms with E-state index in [1.54, 1.807) is 0 Å². The lowest BCUT2D eigenvalue weighted by molar-refractivity contribution is -0.161. The first-order chi connectivity index (χ1) is 39.2. The molecule has 0 rings (SSSR count). The summed E-state index contributed by atoms with van der Waals surface area (Å²) in [5.41, 5.74) is 0. The van der Waals surface area contributed by atoms with E-state index < -0.39 is 57.8 Å². The van der Waals surface area contributed by atoms with Gasteiger partial charge in [-0.25, -0.2) is 4.57 Å². The third-order valence-electron chi connectivity index (χ3n) is 13.1. The average Bonchev–Trinajstić information content (AvgIpc) is 3.45. The molecule has 3 unspecified atom stereocenters. The number of phosphoric ester groups is 1. The van der Waals surface area contributed by atoms with E-state index in [9.17, 15) is 28.9 Å². The standard InChI is InChI=1S/C68H115O11P/c1-4-7-10-13-16-19-22-25-28-30-32-34-37-40-43-46-49-52-55-58-67(71)78-64(60-69)62-76-80(73,74)77-63-65(61-75-66(70)57-54-51-48-45-42-39-36-27-24-21-18-15-12-9-6-3)79-68(72)59-56-53-50-47-44-41-38-35-33-31-29-26-23-20-17-14-11-8-5-2/h8,11,16-17,19-20,25-29,32-36,41,44,64-65,69H,4-7,9-10,12-15,18,21-24,30-31,37-40,42-43,45-63H2,1-3H3,(H,73,74)/b11-8-,19-16-,20-17-,28-25-,29-26-,34-32-,35-33-,36-27-,44-41-. The number of esters is 3. The Morgan fingerprint density at radius 3 is 1.05 bits per heavy atom. The Bertz CT molecular complexity index is 1760. The molecule has 0 spiro atoms. The minimum absolute atomic E-state index is 0.121. The molecule has 12 heteroatoms. The van der Waals surface area contributed by atoms with E-state index in [1.807, 2.05) is 0 Å². The number of carbonyl (C=O) groups is 3. The van der Waals surface area contributed by atoms with Crippen molar-refractivity contribution in [1.29, 1.82) is 0 Å². The van der Waals surface area contributed by atoms with Gasteiger partial charge in [0.15, 0.2) is 6.10 Å². The number of phosphoric acid groups is 1. The van der Waals surface area contributed by atoms with Gasteiger partial charge >= 0.3 is 25.7 Å². The number of ether oxygens (including phenoxy) is 3. The van der Waals surface area contributed by atoms with Crippen LogP contribution in [-0.2, 0) is 42.2 Å². The fourth-order valence-corrected chi connectivity index (χ4v) is 9.11. The molecule has 0 aromatic rings. The van der Waals surface area contributed by atoms with Gasteiger partial charge in [0.2, 0.25) is 0 Å². The number of carbonyl (C=O) groups excluding carboxylic acids is 3. The van der Waals surface area contributed by atoms with Crippen molar-refractivity contribution < 1.29 is 52.2 Å². The maximum Gasteiger partial charge on any atom is 0.472 e. The van der Waals surface area contributed by atoms with Crippen LogP contribution in [0.2, 0.25) is 0 Å². The Labute approximate surface area is 488 Å². The summed E-state index contributed by atoms with van der Waals surface area (Å²) in [7, 11) is -4.77. The Hall–Kier alpha value is -3.86. The number of allylic oxidation sites excluding steroid dienone is 18. The van der Waals surface area contributed by atoms with E-state index in [1.165, 1.54) is 64.2 Å². The van der Waals surface area contributed by atoms with Gasteiger partial charge in [-0.05, 0) is 128 Å². The molecule has 0 bridgehead atoms. The maximum atomic E-state index is 13.0. The van der Waals surface area contributed by atoms with Crippen LogP contribution in [-0.4, -0.2) is 66.5 Å². The summed E-state index contributed by atoms with van der Waals surface area (Å²) < 4.78 is 39.6. The molecule has 0 aliphatic carbocycles. The first kappa shape index (κ1) is 76.1. The summed E-state index contributed by atoms with van der Waals surface area (Å²) >= 11 is 0. The Kier molecular flexibility index (Phi) is 58.3. The number of unbranched alkanes of at least 4 members (excludes halogenated alkanes) is 23. The van der Waals surface area contributed by atoms with E-state index in [0.29, 0.717) is 19.3 Å². The highest BCUT2D eigenvalue weighted by Gasteiger charge is 2.28. The zero-order valence-electron chi connectivity index (χ0n) is 50.8. The minimum atomic E-state index is -4.77. The van der Waals surface area contributed by atoms with Crippen LogP contribution < -0.4 is 0 Å². The number of rotatable bonds is 58. The van der Waals surface area contributed by atoms with Crippen LogP contribution in [0.1, 0.15) is 265 Å². The van der Waals surface area contributed by atoms with Gasteiger partial charge in [0.1, 0.15) is 12.7 Å². The highest BCUT2D eigenvalue weighted by molar-refractivity contribution is 7.47. The predicted octanol–water partition coefficient (Wildman–Crippen LogP) is 19.4. The van der Waals surface area contributed by atoms with E-state index in [2.05, 4.69) is 130 Å². The van der Waals surface area contributed by atoms with Gasteiger partial charge in [0.25, 0.3) is 0 Å². The minimum Gasteiger partial charge on any atom is -0.462 e. The molecule has 0 aliphatic rings. The number of aliphatic hydroxyl groups is 1. The predicted molar refractivity (Wildman–Crippen MR) is 334 cm³/mol. The van der Waals surface area contributed by atoms with Gasteiger partial charge in [-0.2, -0.15) is 0 Å². The second-order valence-electron chi connectivity index (χ2n) is 20.8. The quantitative estimate of drug-likeness (QED) is 0.0197. The fraction of sp³-hybridized carbons (Fsp3) is 0.691. The van der Waals surface area contributed by atoms with Crippen LogP contribution in [0.15, 0.2) is 109 Å². The number of hydrogen-bond donors (Lipinski definition) is 2. The molecule has 0 fully saturated rings. The lowest BCUT2D eigenvalue weighted by Gasteiger charge is -2.21. The zero-order chi connectivity index (χ0) is 58.3. The molecule has 0 saturated heterocycles. The summed E-state index contributed by atoms with van der Waals surface area (Å²) in [5, 5.41) is 9.85. The maximum absolute atomic E-state index is 13.0. The first-order valence-electron chi connectivity index (χ1n) is 31.8. The Morgan fingerprint density at radius 2 is 0.650 bits per heavy atom. The lowest BCUT2D eigenvalue weighted by Crippen LogP contribution is -2.30. The molecular formula is C68H115O11P. The second-order valence-corrected chi connectivity index (χ2v) is 22.3. The largest absolute Gasteiger partial charge is 0.472 e. The number of aliphatic hydroxyl groups excluding tert-OH is 1. The van der Waals surface area contributed by atoms with Gasteiger partial charge < -0.3 is 24.2 Å². The highest BCUT2D eigenvalue weighted by atomic mass is 31.2. The molecule has 0 heterocycles. The normalized spacial score (nSPS) is 14.0. The third kappa shape index (κ3) is 58.8. The molecule has 0 radical (unpaired) electrons. The summed E-state index contributed by atoms with van der Waals surface area (Å²) in [6.07, 6.45) is 74.6. The molecule has 0 aromatic heterocycles. The first-order valence-corrected chi connectivity index (χ1v) is 33.3. The molecule has 0 aliphatic heterocycles. The van der Waals surface area contributed by atoms with Crippen molar-refractivity contribution >= 4 is 25.7 Å². The monoisotopic (exact) mass is 1140 g/mol. The topological polar surface area (TPSA) is 155 Å². The van der Waals surface area contributed by atoms with Crippen molar-refractivity contribution in [2.45, 2.75) is 277 Å². The molecule has 11 nitrogen and oxygen atoms in total. The van der Waals surface area contributed by atoms with E-state index in [-0.39, 0.29) is 25.9 Å². The van der Waals surface area contributed by atoms with Gasteiger partial charge in [-0.15, -0.1) is 0 Å². The smallest absolute Gasteiger partial charge is 0.462 e. The molecule has 3 atom stereocenters. The molecule has 80 heavy (non-hydrogen) atoms. The van der Waals surface area contributed by atoms with Crippen LogP contribution in [0.5, 0.6) is 0 Å². The van der Waals surface area contributed by atoms with E-state index in [0.717, 1.165) is 141 Å². The van der Waals surface area contributed by atoms with Crippen LogP contribution in [0, 0.1) is 0 Å². The van der Waals surface area contributed by atoms with Gasteiger partial charge in [0.05, 0.1) is 19.8 Å². The summed E-state index contributed by atoms with van der Waals surface area (Å²) in [5.74, 6) is -1.53. The van der Waals surface area contributed by atoms with Crippen molar-refractivity contribution in [3.63, 3.8) is 0 Å². The summed E-state index contributed by atoms with van der Waals surface area (Å²) in [6, 6.07) is 0. The fourth-order valence-electron chi connectivity index (χ4n) is 8.33. The Morgan fingerprint density at radius 1 is 0.362 bits per heavy atom. The molecule has 0 saturated carbocycles. The molecule has 0 aromatic carbocycles. The SMILES string of the molecule is CC/C=C\C/C=C\C/C=C\C/C=C\C/C=C\CCCCCC(=O)OC(COC(=O)CCCCCCC/C=C\CCCCCCCC)COP(=O)(O)OCC(CO)OC(=O)CCCCCCCC/C=C\C/C=C\C/C=C\CCCCC. The van der Waals surface area contributed by atoms with E-state index in [4.69, 9.17) is 23.3 Å². The van der Waals surface area contributed by atoms with Crippen LogP contribution in [0.25, 0.3) is 0 Å². The Balaban J connectivity index is 4.77. The van der Waals surface area contributed by atoms with Crippen molar-refractivity contribution in [3.8, 4) is 0 Å². The summed E-state index contributed by atoms with van der Waals surface area (Å²) in [4.78, 5) is 48.7. The van der Waals surface area contributed by atoms with Gasteiger partial charge in [-0.3, -0.25) is 23.4 Å². The molecular weight excluding hydrogens is 1020 g/mol. The van der Waals surface area contributed by atoms with Crippen molar-refractivity contribution in [2.24, 2.45) is 0 Å². The molecule has 2 N–H and O–H groups in total. The third-order valence-corrected chi connectivity index (χ3v) is 14.1. The molecule has 0 amide bonds. The zero-order valence-corrected chi connectivity index (χ0v) is 51.7.